The Morgan fingerprint density at radius 1 is 1.28 bits per heavy atom. The predicted octanol–water partition coefficient (Wildman–Crippen LogP) is 2.28. The molecule has 4 heteroatoms. The predicted molar refractivity (Wildman–Crippen MR) is 75.0 cm³/mol. The quantitative estimate of drug-likeness (QED) is 0.868. The van der Waals surface area contributed by atoms with E-state index in [4.69, 9.17) is 4.98 Å². The Labute approximate surface area is 110 Å². The zero-order valence-corrected chi connectivity index (χ0v) is 11.7. The van der Waals surface area contributed by atoms with Gasteiger partial charge in [0, 0.05) is 37.7 Å². The normalized spacial score (nSPS) is 16.4. The first-order valence-corrected chi connectivity index (χ1v) is 6.89. The number of aromatic nitrogens is 2. The Kier molecular flexibility index (Phi) is 4.53. The lowest BCUT2D eigenvalue weighted by Gasteiger charge is -2.13. The summed E-state index contributed by atoms with van der Waals surface area (Å²) in [5.74, 6) is 2.58. The Balaban J connectivity index is 2.15. The van der Waals surface area contributed by atoms with Crippen LogP contribution in [0.2, 0.25) is 0 Å². The van der Waals surface area contributed by atoms with Gasteiger partial charge in [0.25, 0.3) is 0 Å². The number of anilines is 1. The second-order valence-corrected chi connectivity index (χ2v) is 5.38. The van der Waals surface area contributed by atoms with Crippen LogP contribution in [0.15, 0.2) is 6.07 Å². The van der Waals surface area contributed by atoms with Gasteiger partial charge in [-0.25, -0.2) is 9.97 Å². The molecule has 0 aliphatic heterocycles. The number of nitrogens with zero attached hydrogens (tertiary/aromatic N) is 3. The molecule has 0 bridgehead atoms. The third kappa shape index (κ3) is 3.42. The second kappa shape index (κ2) is 6.14. The molecule has 0 aromatic carbocycles. The molecule has 1 aliphatic carbocycles. The summed E-state index contributed by atoms with van der Waals surface area (Å²) in [6, 6.07) is 2.12. The minimum atomic E-state index is 0.651. The van der Waals surface area contributed by atoms with Crippen LogP contribution < -0.4 is 5.32 Å². The average molecular weight is 248 g/mol. The highest BCUT2D eigenvalue weighted by Crippen LogP contribution is 2.33. The van der Waals surface area contributed by atoms with Crippen LogP contribution in [0, 0.1) is 0 Å². The van der Waals surface area contributed by atoms with Crippen molar-refractivity contribution in [3.8, 4) is 0 Å². The fourth-order valence-corrected chi connectivity index (χ4v) is 2.51. The van der Waals surface area contributed by atoms with Crippen LogP contribution >= 0.6 is 0 Å². The van der Waals surface area contributed by atoms with Gasteiger partial charge in [-0.15, -0.1) is 0 Å². The maximum atomic E-state index is 4.76. The lowest BCUT2D eigenvalue weighted by atomic mass is 10.0. The highest BCUT2D eigenvalue weighted by molar-refractivity contribution is 5.36. The van der Waals surface area contributed by atoms with Crippen LogP contribution in [-0.2, 0) is 6.42 Å². The fraction of sp³-hybridized carbons (Fsp3) is 0.714. The van der Waals surface area contributed by atoms with Gasteiger partial charge in [0.1, 0.15) is 11.6 Å². The van der Waals surface area contributed by atoms with Crippen molar-refractivity contribution in [2.24, 2.45) is 0 Å². The standard InChI is InChI=1S/C14H24N4/c1-15-14-10-12(11-6-4-5-7-11)16-13(17-14)8-9-18(2)3/h10-11H,4-9H2,1-3H3,(H,15,16,17). The van der Waals surface area contributed by atoms with Crippen molar-refractivity contribution in [1.82, 2.24) is 14.9 Å². The Morgan fingerprint density at radius 2 is 2.00 bits per heavy atom. The summed E-state index contributed by atoms with van der Waals surface area (Å²) >= 11 is 0. The van der Waals surface area contributed by atoms with Gasteiger partial charge in [-0.2, -0.15) is 0 Å². The molecular formula is C14H24N4. The number of likely N-dealkylation sites (N-methyl/N-ethyl adjacent to an activating group) is 1. The third-order valence-corrected chi connectivity index (χ3v) is 3.60. The van der Waals surface area contributed by atoms with Crippen LogP contribution in [0.25, 0.3) is 0 Å². The molecule has 0 unspecified atom stereocenters. The van der Waals surface area contributed by atoms with Gasteiger partial charge >= 0.3 is 0 Å². The molecule has 0 spiro atoms. The Morgan fingerprint density at radius 3 is 2.61 bits per heavy atom. The summed E-state index contributed by atoms with van der Waals surface area (Å²) in [5, 5.41) is 3.15. The van der Waals surface area contributed by atoms with Crippen molar-refractivity contribution < 1.29 is 0 Å². The van der Waals surface area contributed by atoms with E-state index in [1.165, 1.54) is 31.4 Å². The molecule has 1 aromatic rings. The first-order valence-electron chi connectivity index (χ1n) is 6.89. The van der Waals surface area contributed by atoms with E-state index in [1.54, 1.807) is 0 Å². The molecule has 18 heavy (non-hydrogen) atoms. The van der Waals surface area contributed by atoms with Crippen molar-refractivity contribution >= 4 is 5.82 Å². The van der Waals surface area contributed by atoms with E-state index in [0.29, 0.717) is 5.92 Å². The maximum absolute atomic E-state index is 4.76. The number of rotatable bonds is 5. The number of hydrogen-bond acceptors (Lipinski definition) is 4. The van der Waals surface area contributed by atoms with E-state index in [0.717, 1.165) is 24.6 Å². The molecule has 1 fully saturated rings. The van der Waals surface area contributed by atoms with Crippen molar-refractivity contribution in [2.75, 3.05) is 33.0 Å². The summed E-state index contributed by atoms with van der Waals surface area (Å²) < 4.78 is 0. The van der Waals surface area contributed by atoms with E-state index in [-0.39, 0.29) is 0 Å². The molecule has 1 heterocycles. The van der Waals surface area contributed by atoms with E-state index in [9.17, 15) is 0 Å². The fourth-order valence-electron chi connectivity index (χ4n) is 2.51. The van der Waals surface area contributed by atoms with Gasteiger partial charge in [-0.3, -0.25) is 0 Å². The van der Waals surface area contributed by atoms with E-state index in [2.05, 4.69) is 35.4 Å². The number of nitrogens with one attached hydrogen (secondary N) is 1. The summed E-state index contributed by atoms with van der Waals surface area (Å²) in [6.45, 7) is 0.997. The smallest absolute Gasteiger partial charge is 0.132 e. The topological polar surface area (TPSA) is 41.1 Å². The van der Waals surface area contributed by atoms with Crippen molar-refractivity contribution in [1.29, 1.82) is 0 Å². The van der Waals surface area contributed by atoms with Gasteiger partial charge in [0.2, 0.25) is 0 Å². The highest BCUT2D eigenvalue weighted by atomic mass is 15.1. The Bertz CT molecular complexity index is 383. The van der Waals surface area contributed by atoms with Gasteiger partial charge in [-0.1, -0.05) is 12.8 Å². The van der Waals surface area contributed by atoms with Gasteiger partial charge in [-0.05, 0) is 26.9 Å². The summed E-state index contributed by atoms with van der Waals surface area (Å²) in [6.07, 6.45) is 6.18. The summed E-state index contributed by atoms with van der Waals surface area (Å²) in [4.78, 5) is 11.5. The summed E-state index contributed by atoms with van der Waals surface area (Å²) in [5.41, 5.74) is 1.24. The van der Waals surface area contributed by atoms with Gasteiger partial charge in [0.05, 0.1) is 0 Å². The van der Waals surface area contributed by atoms with E-state index in [1.807, 2.05) is 7.05 Å². The third-order valence-electron chi connectivity index (χ3n) is 3.60. The van der Waals surface area contributed by atoms with Crippen LogP contribution in [0.1, 0.15) is 43.1 Å². The van der Waals surface area contributed by atoms with E-state index < -0.39 is 0 Å². The van der Waals surface area contributed by atoms with Gasteiger partial charge in [0.15, 0.2) is 0 Å². The monoisotopic (exact) mass is 248 g/mol. The molecule has 0 saturated heterocycles. The molecule has 0 atom stereocenters. The number of hydrogen-bond donors (Lipinski definition) is 1. The summed E-state index contributed by atoms with van der Waals surface area (Å²) in [7, 11) is 6.09. The van der Waals surface area contributed by atoms with Crippen LogP contribution in [-0.4, -0.2) is 42.6 Å². The molecule has 1 aromatic heterocycles. The average Bonchev–Trinajstić information content (AvgIpc) is 2.89. The molecule has 1 N–H and O–H groups in total. The lowest BCUT2D eigenvalue weighted by Crippen LogP contribution is -2.17. The molecule has 1 aliphatic rings. The molecule has 100 valence electrons. The molecule has 2 rings (SSSR count). The van der Waals surface area contributed by atoms with Crippen LogP contribution in [0.5, 0.6) is 0 Å². The molecule has 0 radical (unpaired) electrons. The zero-order valence-electron chi connectivity index (χ0n) is 11.7. The Hall–Kier alpha value is -1.16. The van der Waals surface area contributed by atoms with Crippen LogP contribution in [0.4, 0.5) is 5.82 Å². The van der Waals surface area contributed by atoms with Crippen molar-refractivity contribution in [3.63, 3.8) is 0 Å². The molecule has 1 saturated carbocycles. The minimum Gasteiger partial charge on any atom is -0.373 e. The molecule has 0 amide bonds. The lowest BCUT2D eigenvalue weighted by molar-refractivity contribution is 0.409. The molecule has 4 nitrogen and oxygen atoms in total. The maximum Gasteiger partial charge on any atom is 0.132 e. The van der Waals surface area contributed by atoms with Crippen LogP contribution in [0.3, 0.4) is 0 Å². The minimum absolute atomic E-state index is 0.651. The first kappa shape index (κ1) is 13.3. The SMILES string of the molecule is CNc1cc(C2CCCC2)nc(CCN(C)C)n1. The molecular weight excluding hydrogens is 224 g/mol. The van der Waals surface area contributed by atoms with Crippen molar-refractivity contribution in [3.05, 3.63) is 17.6 Å². The largest absolute Gasteiger partial charge is 0.373 e. The first-order chi connectivity index (χ1) is 8.69. The van der Waals surface area contributed by atoms with E-state index >= 15 is 0 Å². The van der Waals surface area contributed by atoms with Gasteiger partial charge < -0.3 is 10.2 Å². The second-order valence-electron chi connectivity index (χ2n) is 5.38. The van der Waals surface area contributed by atoms with Crippen molar-refractivity contribution in [2.45, 2.75) is 38.0 Å². The highest BCUT2D eigenvalue weighted by Gasteiger charge is 2.19. The zero-order chi connectivity index (χ0) is 13.0.